The molecule has 0 fully saturated rings. The van der Waals surface area contributed by atoms with Crippen LogP contribution in [0.3, 0.4) is 0 Å². The molecule has 0 radical (unpaired) electrons. The topological polar surface area (TPSA) is 12.0 Å². The van der Waals surface area contributed by atoms with Gasteiger partial charge in [-0.05, 0) is 66.2 Å². The van der Waals surface area contributed by atoms with Crippen molar-refractivity contribution in [3.63, 3.8) is 0 Å². The van der Waals surface area contributed by atoms with Crippen molar-refractivity contribution in [3.8, 4) is 0 Å². The molecule has 0 bridgehead atoms. The van der Waals surface area contributed by atoms with Crippen LogP contribution in [0.2, 0.25) is 5.02 Å². The highest BCUT2D eigenvalue weighted by Crippen LogP contribution is 2.36. The quantitative estimate of drug-likeness (QED) is 0.682. The van der Waals surface area contributed by atoms with E-state index in [0.717, 1.165) is 22.5 Å². The summed E-state index contributed by atoms with van der Waals surface area (Å²) < 4.78 is 0.978. The fourth-order valence-corrected chi connectivity index (χ4v) is 3.21. The zero-order valence-corrected chi connectivity index (χ0v) is 13.7. The number of hydrogen-bond acceptors (Lipinski definition) is 1. The van der Waals surface area contributed by atoms with E-state index in [0.29, 0.717) is 0 Å². The first-order chi connectivity index (χ1) is 9.24. The van der Waals surface area contributed by atoms with Gasteiger partial charge in [0.2, 0.25) is 0 Å². The summed E-state index contributed by atoms with van der Waals surface area (Å²) in [5.74, 6) is 0. The molecule has 19 heavy (non-hydrogen) atoms. The summed E-state index contributed by atoms with van der Waals surface area (Å²) in [5, 5.41) is 4.49. The minimum absolute atomic E-state index is 0.269. The molecule has 2 rings (SSSR count). The standard InChI is InChI=1S/C16H21BrClN/c1-2-11-19-16(12-7-4-3-5-8-12)13-9-6-10-14(17)15(13)18/h6-7,9-10,16,19H,2-5,8,11H2,1H3. The van der Waals surface area contributed by atoms with Gasteiger partial charge in [0, 0.05) is 4.47 Å². The third kappa shape index (κ3) is 3.84. The number of rotatable bonds is 5. The fourth-order valence-electron chi connectivity index (χ4n) is 2.60. The van der Waals surface area contributed by atoms with E-state index in [-0.39, 0.29) is 6.04 Å². The molecular formula is C16H21BrClN. The first kappa shape index (κ1) is 15.1. The summed E-state index contributed by atoms with van der Waals surface area (Å²) in [6, 6.07) is 6.47. The molecule has 1 atom stereocenters. The third-order valence-corrected chi connectivity index (χ3v) is 4.90. The second kappa shape index (κ2) is 7.47. The van der Waals surface area contributed by atoms with Gasteiger partial charge >= 0.3 is 0 Å². The SMILES string of the molecule is CCCNC(C1=CCCCC1)c1cccc(Br)c1Cl. The van der Waals surface area contributed by atoms with Crippen molar-refractivity contribution in [2.24, 2.45) is 0 Å². The van der Waals surface area contributed by atoms with Crippen LogP contribution in [-0.4, -0.2) is 6.54 Å². The van der Waals surface area contributed by atoms with Gasteiger partial charge in [-0.1, -0.05) is 42.3 Å². The Kier molecular flexibility index (Phi) is 5.93. The van der Waals surface area contributed by atoms with Crippen LogP contribution in [-0.2, 0) is 0 Å². The zero-order valence-electron chi connectivity index (χ0n) is 11.4. The lowest BCUT2D eigenvalue weighted by Crippen LogP contribution is -2.25. The molecule has 0 amide bonds. The van der Waals surface area contributed by atoms with Crippen molar-refractivity contribution < 1.29 is 0 Å². The molecule has 0 aliphatic heterocycles. The lowest BCUT2D eigenvalue weighted by atomic mass is 9.89. The summed E-state index contributed by atoms with van der Waals surface area (Å²) >= 11 is 10.00. The van der Waals surface area contributed by atoms with Gasteiger partial charge in [-0.2, -0.15) is 0 Å². The Labute approximate surface area is 129 Å². The monoisotopic (exact) mass is 341 g/mol. The first-order valence-corrected chi connectivity index (χ1v) is 8.27. The summed E-state index contributed by atoms with van der Waals surface area (Å²) in [5.41, 5.74) is 2.69. The molecule has 1 aromatic rings. The van der Waals surface area contributed by atoms with Gasteiger partial charge in [0.05, 0.1) is 11.1 Å². The van der Waals surface area contributed by atoms with Crippen LogP contribution in [0.15, 0.2) is 34.3 Å². The van der Waals surface area contributed by atoms with Crippen LogP contribution >= 0.6 is 27.5 Å². The Morgan fingerprint density at radius 2 is 2.21 bits per heavy atom. The maximum absolute atomic E-state index is 6.47. The van der Waals surface area contributed by atoms with E-state index in [4.69, 9.17) is 11.6 Å². The third-order valence-electron chi connectivity index (χ3n) is 3.59. The van der Waals surface area contributed by atoms with Crippen LogP contribution in [0.4, 0.5) is 0 Å². The summed E-state index contributed by atoms with van der Waals surface area (Å²) in [7, 11) is 0. The van der Waals surface area contributed by atoms with Crippen LogP contribution < -0.4 is 5.32 Å². The van der Waals surface area contributed by atoms with Crippen LogP contribution in [0.1, 0.15) is 50.6 Å². The van der Waals surface area contributed by atoms with E-state index in [9.17, 15) is 0 Å². The Bertz CT molecular complexity index is 456. The van der Waals surface area contributed by atoms with Crippen molar-refractivity contribution >= 4 is 27.5 Å². The molecule has 0 aromatic heterocycles. The zero-order chi connectivity index (χ0) is 13.7. The predicted molar refractivity (Wildman–Crippen MR) is 86.7 cm³/mol. The minimum Gasteiger partial charge on any atom is -0.306 e. The number of benzene rings is 1. The Hall–Kier alpha value is -0.310. The Morgan fingerprint density at radius 3 is 2.89 bits per heavy atom. The van der Waals surface area contributed by atoms with E-state index in [1.807, 2.05) is 6.07 Å². The highest BCUT2D eigenvalue weighted by molar-refractivity contribution is 9.10. The van der Waals surface area contributed by atoms with Crippen LogP contribution in [0.5, 0.6) is 0 Å². The molecule has 0 heterocycles. The number of halogens is 2. The van der Waals surface area contributed by atoms with E-state index >= 15 is 0 Å². The second-order valence-corrected chi connectivity index (χ2v) is 6.29. The van der Waals surface area contributed by atoms with Gasteiger partial charge in [-0.15, -0.1) is 0 Å². The molecule has 0 saturated carbocycles. The predicted octanol–water partition coefficient (Wildman–Crippen LogP) is 5.64. The fraction of sp³-hybridized carbons (Fsp3) is 0.500. The molecule has 1 nitrogen and oxygen atoms in total. The van der Waals surface area contributed by atoms with Gasteiger partial charge in [0.1, 0.15) is 0 Å². The average molecular weight is 343 g/mol. The molecule has 1 aromatic carbocycles. The number of nitrogens with one attached hydrogen (secondary N) is 1. The van der Waals surface area contributed by atoms with Gasteiger partial charge in [0.25, 0.3) is 0 Å². The van der Waals surface area contributed by atoms with Crippen molar-refractivity contribution in [1.29, 1.82) is 0 Å². The molecule has 0 spiro atoms. The summed E-state index contributed by atoms with van der Waals surface area (Å²) in [6.45, 7) is 3.21. The van der Waals surface area contributed by atoms with E-state index < -0.39 is 0 Å². The van der Waals surface area contributed by atoms with Gasteiger partial charge in [-0.3, -0.25) is 0 Å². The lowest BCUT2D eigenvalue weighted by molar-refractivity contribution is 0.547. The van der Waals surface area contributed by atoms with Crippen molar-refractivity contribution in [3.05, 3.63) is 44.9 Å². The van der Waals surface area contributed by atoms with E-state index in [1.54, 1.807) is 0 Å². The first-order valence-electron chi connectivity index (χ1n) is 7.10. The van der Waals surface area contributed by atoms with Crippen molar-refractivity contribution in [2.45, 2.75) is 45.1 Å². The largest absolute Gasteiger partial charge is 0.306 e. The average Bonchev–Trinajstić information content (AvgIpc) is 2.45. The second-order valence-electron chi connectivity index (χ2n) is 5.06. The Balaban J connectivity index is 2.30. The lowest BCUT2D eigenvalue weighted by Gasteiger charge is -2.26. The van der Waals surface area contributed by atoms with Gasteiger partial charge in [-0.25, -0.2) is 0 Å². The highest BCUT2D eigenvalue weighted by Gasteiger charge is 2.20. The van der Waals surface area contributed by atoms with Gasteiger partial charge in [0.15, 0.2) is 0 Å². The Morgan fingerprint density at radius 1 is 1.37 bits per heavy atom. The van der Waals surface area contributed by atoms with Crippen LogP contribution in [0, 0.1) is 0 Å². The summed E-state index contributed by atoms with van der Waals surface area (Å²) in [4.78, 5) is 0. The minimum atomic E-state index is 0.269. The number of hydrogen-bond donors (Lipinski definition) is 1. The maximum atomic E-state index is 6.47. The normalized spacial score (nSPS) is 17.1. The molecule has 0 saturated heterocycles. The molecular weight excluding hydrogens is 322 g/mol. The molecule has 1 unspecified atom stereocenters. The summed E-state index contributed by atoms with van der Waals surface area (Å²) in [6.07, 6.45) is 8.52. The molecule has 1 aliphatic carbocycles. The van der Waals surface area contributed by atoms with Crippen LogP contribution in [0.25, 0.3) is 0 Å². The van der Waals surface area contributed by atoms with E-state index in [1.165, 1.54) is 36.8 Å². The van der Waals surface area contributed by atoms with E-state index in [2.05, 4.69) is 46.4 Å². The smallest absolute Gasteiger partial charge is 0.0599 e. The van der Waals surface area contributed by atoms with Crippen molar-refractivity contribution in [1.82, 2.24) is 5.32 Å². The number of allylic oxidation sites excluding steroid dienone is 1. The maximum Gasteiger partial charge on any atom is 0.0599 e. The molecule has 104 valence electrons. The molecule has 3 heteroatoms. The van der Waals surface area contributed by atoms with Gasteiger partial charge < -0.3 is 5.32 Å². The highest BCUT2D eigenvalue weighted by atomic mass is 79.9. The molecule has 1 aliphatic rings. The molecule has 1 N–H and O–H groups in total. The van der Waals surface area contributed by atoms with Crippen molar-refractivity contribution in [2.75, 3.05) is 6.54 Å².